The summed E-state index contributed by atoms with van der Waals surface area (Å²) in [7, 11) is -3.50. The number of benzene rings is 1. The first-order valence-electron chi connectivity index (χ1n) is 6.47. The van der Waals surface area contributed by atoms with Gasteiger partial charge in [0.05, 0.1) is 4.90 Å². The minimum atomic E-state index is -3.50. The molecule has 5 nitrogen and oxygen atoms in total. The number of nitrogens with one attached hydrogen (secondary N) is 1. The Morgan fingerprint density at radius 2 is 2.05 bits per heavy atom. The highest BCUT2D eigenvalue weighted by Crippen LogP contribution is 2.19. The molecule has 0 aliphatic carbocycles. The molecule has 0 saturated carbocycles. The zero-order valence-electron chi connectivity index (χ0n) is 11.5. The summed E-state index contributed by atoms with van der Waals surface area (Å²) in [6.45, 7) is 5.38. The van der Waals surface area contributed by atoms with Gasteiger partial charge in [-0.2, -0.15) is 0 Å². The number of anilines is 1. The third-order valence-electron chi connectivity index (χ3n) is 2.72. The predicted octanol–water partition coefficient (Wildman–Crippen LogP) is 1.54. The molecule has 0 spiro atoms. The van der Waals surface area contributed by atoms with Crippen LogP contribution in [0.2, 0.25) is 0 Å². The van der Waals surface area contributed by atoms with Crippen LogP contribution in [-0.4, -0.2) is 28.2 Å². The summed E-state index contributed by atoms with van der Waals surface area (Å²) in [5.74, 6) is 0. The third-order valence-corrected chi connectivity index (χ3v) is 4.27. The predicted molar refractivity (Wildman–Crippen MR) is 76.5 cm³/mol. The molecule has 0 heterocycles. The minimum absolute atomic E-state index is 0.270. The van der Waals surface area contributed by atoms with Crippen molar-refractivity contribution in [3.8, 4) is 0 Å². The van der Waals surface area contributed by atoms with E-state index >= 15 is 0 Å². The minimum Gasteiger partial charge on any atom is -0.399 e. The van der Waals surface area contributed by atoms with Gasteiger partial charge in [0.25, 0.3) is 0 Å². The SMILES string of the molecule is CCOCCCNS(=O)(=O)c1cc(N)ccc1CC. The second-order valence-electron chi connectivity index (χ2n) is 4.17. The summed E-state index contributed by atoms with van der Waals surface area (Å²) < 4.78 is 32.1. The Morgan fingerprint density at radius 1 is 1.32 bits per heavy atom. The maximum absolute atomic E-state index is 12.2. The maximum atomic E-state index is 12.2. The lowest BCUT2D eigenvalue weighted by atomic mass is 10.1. The van der Waals surface area contributed by atoms with Crippen molar-refractivity contribution in [2.24, 2.45) is 0 Å². The number of sulfonamides is 1. The average molecular weight is 286 g/mol. The molecular formula is C13H22N2O3S. The second-order valence-corrected chi connectivity index (χ2v) is 5.90. The van der Waals surface area contributed by atoms with E-state index in [1.807, 2.05) is 13.8 Å². The molecule has 3 N–H and O–H groups in total. The topological polar surface area (TPSA) is 81.4 Å². The monoisotopic (exact) mass is 286 g/mol. The summed E-state index contributed by atoms with van der Waals surface area (Å²) in [5, 5.41) is 0. The van der Waals surface area contributed by atoms with Crippen LogP contribution in [0.25, 0.3) is 0 Å². The van der Waals surface area contributed by atoms with Gasteiger partial charge in [0.15, 0.2) is 0 Å². The van der Waals surface area contributed by atoms with Crippen LogP contribution in [0, 0.1) is 0 Å². The Morgan fingerprint density at radius 3 is 2.68 bits per heavy atom. The molecule has 0 aliphatic rings. The Balaban J connectivity index is 2.74. The van der Waals surface area contributed by atoms with Gasteiger partial charge in [-0.05, 0) is 37.5 Å². The molecule has 1 aromatic carbocycles. The summed E-state index contributed by atoms with van der Waals surface area (Å²) in [4.78, 5) is 0.270. The quantitative estimate of drug-likeness (QED) is 0.561. The van der Waals surface area contributed by atoms with Crippen LogP contribution in [0.1, 0.15) is 25.8 Å². The fraction of sp³-hybridized carbons (Fsp3) is 0.538. The number of ether oxygens (including phenoxy) is 1. The molecule has 0 saturated heterocycles. The van der Waals surface area contributed by atoms with E-state index in [0.717, 1.165) is 5.56 Å². The molecule has 0 atom stereocenters. The van der Waals surface area contributed by atoms with Crippen molar-refractivity contribution >= 4 is 15.7 Å². The Bertz CT molecular complexity index is 501. The van der Waals surface area contributed by atoms with Crippen LogP contribution in [0.15, 0.2) is 23.1 Å². The van der Waals surface area contributed by atoms with Gasteiger partial charge in [0.2, 0.25) is 10.0 Å². The van der Waals surface area contributed by atoms with Crippen LogP contribution in [0.5, 0.6) is 0 Å². The summed E-state index contributed by atoms with van der Waals surface area (Å²) in [5.41, 5.74) is 6.88. The first kappa shape index (κ1) is 15.9. The van der Waals surface area contributed by atoms with E-state index in [-0.39, 0.29) is 4.90 Å². The molecule has 1 rings (SSSR count). The van der Waals surface area contributed by atoms with Gasteiger partial charge in [-0.25, -0.2) is 13.1 Å². The largest absolute Gasteiger partial charge is 0.399 e. The molecule has 6 heteroatoms. The van der Waals surface area contributed by atoms with Crippen LogP contribution < -0.4 is 10.5 Å². The Kier molecular flexibility index (Phi) is 6.27. The van der Waals surface area contributed by atoms with Crippen LogP contribution in [-0.2, 0) is 21.2 Å². The molecule has 0 aliphatic heterocycles. The van der Waals surface area contributed by atoms with E-state index in [0.29, 0.717) is 38.3 Å². The Labute approximate surface area is 115 Å². The van der Waals surface area contributed by atoms with E-state index in [4.69, 9.17) is 10.5 Å². The average Bonchev–Trinajstić information content (AvgIpc) is 2.38. The molecule has 1 aromatic rings. The van der Waals surface area contributed by atoms with Crippen LogP contribution in [0.4, 0.5) is 5.69 Å². The van der Waals surface area contributed by atoms with Crippen molar-refractivity contribution in [3.63, 3.8) is 0 Å². The molecular weight excluding hydrogens is 264 g/mol. The van der Waals surface area contributed by atoms with E-state index in [1.165, 1.54) is 6.07 Å². The lowest BCUT2D eigenvalue weighted by Crippen LogP contribution is -2.26. The smallest absolute Gasteiger partial charge is 0.240 e. The number of rotatable bonds is 8. The zero-order valence-corrected chi connectivity index (χ0v) is 12.3. The molecule has 0 bridgehead atoms. The van der Waals surface area contributed by atoms with Gasteiger partial charge in [0, 0.05) is 25.4 Å². The van der Waals surface area contributed by atoms with Gasteiger partial charge < -0.3 is 10.5 Å². The highest BCUT2D eigenvalue weighted by molar-refractivity contribution is 7.89. The summed E-state index contributed by atoms with van der Waals surface area (Å²) >= 11 is 0. The highest BCUT2D eigenvalue weighted by Gasteiger charge is 2.17. The fourth-order valence-electron chi connectivity index (χ4n) is 1.72. The normalized spacial score (nSPS) is 11.7. The standard InChI is InChI=1S/C13H22N2O3S/c1-3-11-6-7-12(14)10-13(11)19(16,17)15-8-5-9-18-4-2/h6-7,10,15H,3-5,8-9,14H2,1-2H3. The van der Waals surface area contributed by atoms with E-state index in [9.17, 15) is 8.42 Å². The highest BCUT2D eigenvalue weighted by atomic mass is 32.2. The van der Waals surface area contributed by atoms with Crippen molar-refractivity contribution in [1.82, 2.24) is 4.72 Å². The molecule has 19 heavy (non-hydrogen) atoms. The lowest BCUT2D eigenvalue weighted by molar-refractivity contribution is 0.146. The molecule has 0 aromatic heterocycles. The molecule has 0 fully saturated rings. The van der Waals surface area contributed by atoms with Crippen molar-refractivity contribution < 1.29 is 13.2 Å². The van der Waals surface area contributed by atoms with Gasteiger partial charge in [0.1, 0.15) is 0 Å². The van der Waals surface area contributed by atoms with Gasteiger partial charge in [-0.15, -0.1) is 0 Å². The lowest BCUT2D eigenvalue weighted by Gasteiger charge is -2.11. The first-order valence-corrected chi connectivity index (χ1v) is 7.95. The van der Waals surface area contributed by atoms with E-state index in [2.05, 4.69) is 4.72 Å². The number of nitrogen functional groups attached to an aromatic ring is 1. The van der Waals surface area contributed by atoms with E-state index < -0.39 is 10.0 Å². The van der Waals surface area contributed by atoms with Crippen molar-refractivity contribution in [1.29, 1.82) is 0 Å². The molecule has 0 amide bonds. The number of aryl methyl sites for hydroxylation is 1. The van der Waals surface area contributed by atoms with Crippen molar-refractivity contribution in [2.45, 2.75) is 31.6 Å². The van der Waals surface area contributed by atoms with Gasteiger partial charge >= 0.3 is 0 Å². The van der Waals surface area contributed by atoms with Gasteiger partial charge in [-0.3, -0.25) is 0 Å². The first-order chi connectivity index (χ1) is 9.01. The van der Waals surface area contributed by atoms with Crippen molar-refractivity contribution in [2.75, 3.05) is 25.5 Å². The van der Waals surface area contributed by atoms with Crippen LogP contribution >= 0.6 is 0 Å². The fourth-order valence-corrected chi connectivity index (χ4v) is 3.13. The second kappa shape index (κ2) is 7.47. The number of nitrogens with two attached hydrogens (primary N) is 1. The maximum Gasteiger partial charge on any atom is 0.240 e. The molecule has 0 unspecified atom stereocenters. The van der Waals surface area contributed by atoms with E-state index in [1.54, 1.807) is 12.1 Å². The Hall–Kier alpha value is -1.11. The number of hydrogen-bond donors (Lipinski definition) is 2. The zero-order chi connectivity index (χ0) is 14.3. The number of hydrogen-bond acceptors (Lipinski definition) is 4. The molecule has 0 radical (unpaired) electrons. The summed E-state index contributed by atoms with van der Waals surface area (Å²) in [6.07, 6.45) is 1.30. The summed E-state index contributed by atoms with van der Waals surface area (Å²) in [6, 6.07) is 4.97. The van der Waals surface area contributed by atoms with Gasteiger partial charge in [-0.1, -0.05) is 13.0 Å². The third kappa shape index (κ3) is 4.81. The molecule has 108 valence electrons. The van der Waals surface area contributed by atoms with Crippen LogP contribution in [0.3, 0.4) is 0 Å². The van der Waals surface area contributed by atoms with Crippen molar-refractivity contribution in [3.05, 3.63) is 23.8 Å².